The van der Waals surface area contributed by atoms with E-state index >= 15 is 0 Å². The number of aromatic nitrogens is 2. The number of ether oxygens (including phenoxy) is 1. The number of hydrogen-bond acceptors (Lipinski definition) is 5. The van der Waals surface area contributed by atoms with Crippen LogP contribution in [0, 0.1) is 0 Å². The molecule has 2 heterocycles. The molecule has 0 unspecified atom stereocenters. The Labute approximate surface area is 206 Å². The zero-order chi connectivity index (χ0) is 24.6. The summed E-state index contributed by atoms with van der Waals surface area (Å²) in [5.41, 5.74) is 3.59. The summed E-state index contributed by atoms with van der Waals surface area (Å²) < 4.78 is 7.00. The third-order valence-corrected chi connectivity index (χ3v) is 6.43. The van der Waals surface area contributed by atoms with Gasteiger partial charge in [0.15, 0.2) is 0 Å². The van der Waals surface area contributed by atoms with Crippen molar-refractivity contribution in [3.63, 3.8) is 0 Å². The van der Waals surface area contributed by atoms with E-state index in [4.69, 9.17) is 4.74 Å². The van der Waals surface area contributed by atoms with E-state index in [2.05, 4.69) is 39.5 Å². The molecular formula is C27H33N5O3. The lowest BCUT2D eigenvalue weighted by atomic mass is 10.1. The minimum Gasteiger partial charge on any atom is -0.381 e. The van der Waals surface area contributed by atoms with E-state index in [9.17, 15) is 9.59 Å². The van der Waals surface area contributed by atoms with Crippen molar-refractivity contribution in [1.82, 2.24) is 14.5 Å². The number of nitrogens with zero attached hydrogens (tertiary/aromatic N) is 4. The van der Waals surface area contributed by atoms with E-state index < -0.39 is 0 Å². The number of hydrogen-bond donors (Lipinski definition) is 1. The molecule has 1 saturated heterocycles. The maximum atomic E-state index is 13.0. The molecule has 2 aromatic carbocycles. The summed E-state index contributed by atoms with van der Waals surface area (Å²) in [5, 5.41) is 2.99. The van der Waals surface area contributed by atoms with Gasteiger partial charge in [-0.15, -0.1) is 0 Å². The highest BCUT2D eigenvalue weighted by atomic mass is 16.5. The number of piperidine rings is 1. The summed E-state index contributed by atoms with van der Waals surface area (Å²) in [6.07, 6.45) is 5.63. The molecule has 0 bridgehead atoms. The van der Waals surface area contributed by atoms with E-state index in [-0.39, 0.29) is 11.7 Å². The Morgan fingerprint density at radius 3 is 2.57 bits per heavy atom. The van der Waals surface area contributed by atoms with Crippen LogP contribution in [-0.4, -0.2) is 53.3 Å². The monoisotopic (exact) mass is 475 g/mol. The van der Waals surface area contributed by atoms with E-state index in [0.717, 1.165) is 37.1 Å². The first-order valence-corrected chi connectivity index (χ1v) is 12.1. The van der Waals surface area contributed by atoms with Crippen LogP contribution in [0.1, 0.15) is 30.9 Å². The lowest BCUT2D eigenvalue weighted by Crippen LogP contribution is -2.36. The molecule has 8 heteroatoms. The molecule has 0 spiro atoms. The SMILES string of the molecule is CCN(Cc1ccc(N2CCC(OC)CC2)cc1)C(=O)Nc1cccc(Cn2cccnc2=O)c1. The van der Waals surface area contributed by atoms with Gasteiger partial charge in [-0.25, -0.2) is 14.6 Å². The van der Waals surface area contributed by atoms with E-state index in [1.165, 1.54) is 16.5 Å². The number of anilines is 2. The highest BCUT2D eigenvalue weighted by Crippen LogP contribution is 2.22. The fourth-order valence-corrected chi connectivity index (χ4v) is 4.36. The summed E-state index contributed by atoms with van der Waals surface area (Å²) in [7, 11) is 1.78. The molecule has 0 aliphatic carbocycles. The van der Waals surface area contributed by atoms with Gasteiger partial charge in [-0.3, -0.25) is 4.57 Å². The van der Waals surface area contributed by atoms with Crippen LogP contribution in [0.5, 0.6) is 0 Å². The molecule has 1 N–H and O–H groups in total. The van der Waals surface area contributed by atoms with E-state index in [0.29, 0.717) is 31.4 Å². The molecule has 35 heavy (non-hydrogen) atoms. The number of rotatable bonds is 8. The van der Waals surface area contributed by atoms with Gasteiger partial charge < -0.3 is 19.9 Å². The number of urea groups is 1. The van der Waals surface area contributed by atoms with Gasteiger partial charge in [0.2, 0.25) is 0 Å². The molecule has 1 aromatic heterocycles. The van der Waals surface area contributed by atoms with Gasteiger partial charge in [0.25, 0.3) is 0 Å². The molecule has 184 valence electrons. The zero-order valence-corrected chi connectivity index (χ0v) is 20.4. The number of carbonyl (C=O) groups excluding carboxylic acids is 1. The zero-order valence-electron chi connectivity index (χ0n) is 20.4. The van der Waals surface area contributed by atoms with Crippen LogP contribution >= 0.6 is 0 Å². The third-order valence-electron chi connectivity index (χ3n) is 6.43. The van der Waals surface area contributed by atoms with Crippen molar-refractivity contribution in [2.45, 2.75) is 39.0 Å². The van der Waals surface area contributed by atoms with Crippen LogP contribution in [0.2, 0.25) is 0 Å². The lowest BCUT2D eigenvalue weighted by molar-refractivity contribution is 0.0819. The van der Waals surface area contributed by atoms with Crippen molar-refractivity contribution in [3.05, 3.63) is 88.6 Å². The molecule has 0 radical (unpaired) electrons. The normalized spacial score (nSPS) is 14.1. The Morgan fingerprint density at radius 1 is 1.11 bits per heavy atom. The summed E-state index contributed by atoms with van der Waals surface area (Å²) >= 11 is 0. The fourth-order valence-electron chi connectivity index (χ4n) is 4.36. The molecule has 0 atom stereocenters. The Kier molecular flexibility index (Phi) is 8.15. The van der Waals surface area contributed by atoms with Crippen LogP contribution in [0.15, 0.2) is 71.8 Å². The first kappa shape index (κ1) is 24.5. The topological polar surface area (TPSA) is 79.7 Å². The highest BCUT2D eigenvalue weighted by Gasteiger charge is 2.19. The average Bonchev–Trinajstić information content (AvgIpc) is 2.89. The first-order valence-electron chi connectivity index (χ1n) is 12.1. The molecule has 4 rings (SSSR count). The maximum Gasteiger partial charge on any atom is 0.347 e. The molecule has 3 aromatic rings. The van der Waals surface area contributed by atoms with Gasteiger partial charge in [0.1, 0.15) is 0 Å². The van der Waals surface area contributed by atoms with Crippen LogP contribution in [0.25, 0.3) is 0 Å². The van der Waals surface area contributed by atoms with Crippen molar-refractivity contribution in [1.29, 1.82) is 0 Å². The van der Waals surface area contributed by atoms with E-state index in [1.54, 1.807) is 24.3 Å². The summed E-state index contributed by atoms with van der Waals surface area (Å²) in [6.45, 7) is 5.47. The van der Waals surface area contributed by atoms with Crippen LogP contribution in [-0.2, 0) is 17.8 Å². The Morgan fingerprint density at radius 2 is 1.89 bits per heavy atom. The van der Waals surface area contributed by atoms with Crippen molar-refractivity contribution in [3.8, 4) is 0 Å². The maximum absolute atomic E-state index is 13.0. The van der Waals surface area contributed by atoms with E-state index in [1.807, 2.05) is 31.2 Å². The highest BCUT2D eigenvalue weighted by molar-refractivity contribution is 5.89. The smallest absolute Gasteiger partial charge is 0.347 e. The van der Waals surface area contributed by atoms with Crippen LogP contribution in [0.4, 0.5) is 16.2 Å². The number of carbonyl (C=O) groups is 1. The minimum atomic E-state index is -0.301. The molecular weight excluding hydrogens is 442 g/mol. The van der Waals surface area contributed by atoms with Crippen molar-refractivity contribution in [2.75, 3.05) is 37.0 Å². The van der Waals surface area contributed by atoms with Crippen molar-refractivity contribution < 1.29 is 9.53 Å². The van der Waals surface area contributed by atoms with Gasteiger partial charge in [0, 0.05) is 57.1 Å². The van der Waals surface area contributed by atoms with Crippen molar-refractivity contribution >= 4 is 17.4 Å². The molecule has 1 fully saturated rings. The van der Waals surface area contributed by atoms with Gasteiger partial charge in [-0.05, 0) is 61.2 Å². The van der Waals surface area contributed by atoms with Gasteiger partial charge >= 0.3 is 11.7 Å². The Balaban J connectivity index is 1.35. The first-order chi connectivity index (χ1) is 17.1. The predicted octanol–water partition coefficient (Wildman–Crippen LogP) is 3.96. The molecule has 0 saturated carbocycles. The summed E-state index contributed by atoms with van der Waals surface area (Å²) in [6, 6.07) is 17.6. The summed E-state index contributed by atoms with van der Waals surface area (Å²) in [4.78, 5) is 32.8. The second-order valence-corrected chi connectivity index (χ2v) is 8.76. The lowest BCUT2D eigenvalue weighted by Gasteiger charge is -2.33. The number of nitrogens with one attached hydrogen (secondary N) is 1. The van der Waals surface area contributed by atoms with Gasteiger partial charge in [-0.2, -0.15) is 0 Å². The number of benzene rings is 2. The van der Waals surface area contributed by atoms with Gasteiger partial charge in [-0.1, -0.05) is 24.3 Å². The average molecular weight is 476 g/mol. The standard InChI is InChI=1S/C27H33N5O3/c1-3-30(19-21-8-10-24(11-9-21)31-16-12-25(35-2)13-17-31)27(34)29-23-7-4-6-22(18-23)20-32-15-5-14-28-26(32)33/h4-11,14-15,18,25H,3,12-13,16-17,19-20H2,1-2H3,(H,29,34). The molecule has 1 aliphatic rings. The minimum absolute atomic E-state index is 0.158. The quantitative estimate of drug-likeness (QED) is 0.534. The molecule has 2 amide bonds. The van der Waals surface area contributed by atoms with Crippen molar-refractivity contribution in [2.24, 2.45) is 0 Å². The predicted molar refractivity (Wildman–Crippen MR) is 138 cm³/mol. The summed E-state index contributed by atoms with van der Waals surface area (Å²) in [5.74, 6) is 0. The largest absolute Gasteiger partial charge is 0.381 e. The second kappa shape index (κ2) is 11.7. The number of methoxy groups -OCH3 is 1. The third kappa shape index (κ3) is 6.48. The van der Waals surface area contributed by atoms with Crippen LogP contribution < -0.4 is 15.9 Å². The van der Waals surface area contributed by atoms with Gasteiger partial charge in [0.05, 0.1) is 12.6 Å². The Hall–Kier alpha value is -3.65. The number of amides is 2. The van der Waals surface area contributed by atoms with Crippen LogP contribution in [0.3, 0.4) is 0 Å². The fraction of sp³-hybridized carbons (Fsp3) is 0.370. The second-order valence-electron chi connectivity index (χ2n) is 8.76. The Bertz CT molecular complexity index is 1170. The molecule has 8 nitrogen and oxygen atoms in total. The molecule has 1 aliphatic heterocycles.